The van der Waals surface area contributed by atoms with Crippen LogP contribution < -0.4 is 10.6 Å². The van der Waals surface area contributed by atoms with Gasteiger partial charge in [0.2, 0.25) is 11.8 Å². The zero-order valence-corrected chi connectivity index (χ0v) is 15.0. The third-order valence-corrected chi connectivity index (χ3v) is 3.92. The minimum Gasteiger partial charge on any atom is -0.337 e. The first-order valence-corrected chi connectivity index (χ1v) is 7.84. The first kappa shape index (κ1) is 21.4. The van der Waals surface area contributed by atoms with E-state index in [1.165, 1.54) is 11.9 Å². The van der Waals surface area contributed by atoms with Gasteiger partial charge in [-0.3, -0.25) is 14.5 Å². The Labute approximate surface area is 150 Å². The summed E-state index contributed by atoms with van der Waals surface area (Å²) in [5, 5.41) is 13.9. The molecule has 1 atom stereocenters. The molecule has 9 heteroatoms. The van der Waals surface area contributed by atoms with Gasteiger partial charge < -0.3 is 10.6 Å². The lowest BCUT2D eigenvalue weighted by Gasteiger charge is -2.28. The van der Waals surface area contributed by atoms with Gasteiger partial charge in [0.1, 0.15) is 5.54 Å². The maximum Gasteiger partial charge on any atom is 0.238 e. The normalized spacial score (nSPS) is 13.2. The molecule has 0 aliphatic heterocycles. The Bertz CT molecular complexity index is 733. The molecule has 0 saturated carbocycles. The van der Waals surface area contributed by atoms with Gasteiger partial charge in [0.25, 0.3) is 0 Å². The van der Waals surface area contributed by atoms with Gasteiger partial charge in [-0.05, 0) is 32.0 Å². The summed E-state index contributed by atoms with van der Waals surface area (Å²) < 4.78 is 39.5. The molecule has 1 aromatic rings. The number of carbonyl (C=O) groups is 2. The Hall–Kier alpha value is -2.60. The predicted octanol–water partition coefficient (Wildman–Crippen LogP) is 2.03. The van der Waals surface area contributed by atoms with Crippen LogP contribution in [0, 0.1) is 34.7 Å². The zero-order valence-electron chi connectivity index (χ0n) is 15.0. The second kappa shape index (κ2) is 8.67. The third-order valence-electron chi connectivity index (χ3n) is 3.92. The molecule has 0 saturated heterocycles. The molecule has 26 heavy (non-hydrogen) atoms. The molecule has 0 bridgehead atoms. The van der Waals surface area contributed by atoms with Gasteiger partial charge in [-0.15, -0.1) is 0 Å². The number of anilines is 1. The molecule has 0 aliphatic rings. The van der Waals surface area contributed by atoms with Crippen LogP contribution in [0.1, 0.15) is 20.8 Å². The summed E-state index contributed by atoms with van der Waals surface area (Å²) in [6.45, 7) is 4.69. The lowest BCUT2D eigenvalue weighted by molar-refractivity contribution is -0.124. The van der Waals surface area contributed by atoms with E-state index >= 15 is 0 Å². The minimum atomic E-state index is -1.68. The highest BCUT2D eigenvalue weighted by atomic mass is 19.2. The van der Waals surface area contributed by atoms with Gasteiger partial charge in [-0.2, -0.15) is 5.26 Å². The zero-order chi connectivity index (χ0) is 20.1. The maximum atomic E-state index is 13.5. The van der Waals surface area contributed by atoms with Crippen LogP contribution in [0.2, 0.25) is 0 Å². The highest BCUT2D eigenvalue weighted by Gasteiger charge is 2.30. The monoisotopic (exact) mass is 370 g/mol. The second-order valence-electron chi connectivity index (χ2n) is 6.46. The lowest BCUT2D eigenvalue weighted by Crippen LogP contribution is -2.51. The number of rotatable bonds is 7. The number of nitrogens with one attached hydrogen (secondary N) is 2. The molecule has 2 N–H and O–H groups in total. The first-order chi connectivity index (χ1) is 12.0. The summed E-state index contributed by atoms with van der Waals surface area (Å²) in [5.41, 5.74) is -1.54. The Kier molecular flexibility index (Phi) is 7.15. The van der Waals surface area contributed by atoms with Crippen LogP contribution in [0.5, 0.6) is 0 Å². The summed E-state index contributed by atoms with van der Waals surface area (Å²) in [7, 11) is 1.47. The molecule has 1 aromatic carbocycles. The van der Waals surface area contributed by atoms with Gasteiger partial charge in [-0.25, -0.2) is 13.2 Å². The van der Waals surface area contributed by atoms with Gasteiger partial charge in [0, 0.05) is 0 Å². The van der Waals surface area contributed by atoms with E-state index < -0.39 is 40.5 Å². The van der Waals surface area contributed by atoms with Crippen molar-refractivity contribution in [1.29, 1.82) is 5.26 Å². The largest absolute Gasteiger partial charge is 0.337 e. The van der Waals surface area contributed by atoms with Gasteiger partial charge in [0.05, 0.1) is 24.8 Å². The number of halogens is 3. The summed E-state index contributed by atoms with van der Waals surface area (Å²) in [5.74, 6) is -5.84. The summed E-state index contributed by atoms with van der Waals surface area (Å²) in [6, 6.07) is 3.63. The molecule has 0 spiro atoms. The lowest BCUT2D eigenvalue weighted by atomic mass is 9.90. The van der Waals surface area contributed by atoms with Crippen molar-refractivity contribution >= 4 is 17.5 Å². The van der Waals surface area contributed by atoms with E-state index in [1.54, 1.807) is 20.8 Å². The van der Waals surface area contributed by atoms with Crippen molar-refractivity contribution in [3.63, 3.8) is 0 Å². The standard InChI is InChI=1S/C17H21F3N4O2/c1-10(2)17(3,9-21)23-14(26)8-24(4)7-13(25)22-12-6-5-11(18)15(19)16(12)20/h5-6,10H,7-8H2,1-4H3,(H,22,25)(H,23,26)/t17-/m0/s1. The molecule has 0 heterocycles. The van der Waals surface area contributed by atoms with Crippen LogP contribution in [-0.2, 0) is 9.59 Å². The molecule has 0 aromatic heterocycles. The minimum absolute atomic E-state index is 0.124. The summed E-state index contributed by atoms with van der Waals surface area (Å²) >= 11 is 0. The molecular weight excluding hydrogens is 349 g/mol. The van der Waals surface area contributed by atoms with E-state index in [2.05, 4.69) is 10.6 Å². The Morgan fingerprint density at radius 3 is 2.31 bits per heavy atom. The number of nitrogens with zero attached hydrogens (tertiary/aromatic N) is 2. The molecule has 0 fully saturated rings. The molecule has 1 rings (SSSR count). The Balaban J connectivity index is 2.62. The van der Waals surface area contributed by atoms with Crippen molar-refractivity contribution < 1.29 is 22.8 Å². The molecule has 0 unspecified atom stereocenters. The van der Waals surface area contributed by atoms with E-state index in [1.807, 2.05) is 6.07 Å². The predicted molar refractivity (Wildman–Crippen MR) is 89.4 cm³/mol. The van der Waals surface area contributed by atoms with Crippen LogP contribution in [0.4, 0.5) is 18.9 Å². The maximum absolute atomic E-state index is 13.5. The number of benzene rings is 1. The Morgan fingerprint density at radius 2 is 1.77 bits per heavy atom. The molecule has 2 amide bonds. The number of nitriles is 1. The SMILES string of the molecule is CC(C)[C@](C)(C#N)NC(=O)CN(C)CC(=O)Nc1ccc(F)c(F)c1F. The van der Waals surface area contributed by atoms with Crippen molar-refractivity contribution in [3.05, 3.63) is 29.6 Å². The van der Waals surface area contributed by atoms with E-state index in [0.717, 1.165) is 6.07 Å². The van der Waals surface area contributed by atoms with E-state index in [0.29, 0.717) is 6.07 Å². The van der Waals surface area contributed by atoms with E-state index in [-0.39, 0.29) is 19.0 Å². The van der Waals surface area contributed by atoms with Crippen LogP contribution in [0.3, 0.4) is 0 Å². The fourth-order valence-electron chi connectivity index (χ4n) is 1.99. The van der Waals surface area contributed by atoms with Crippen molar-refractivity contribution in [2.75, 3.05) is 25.5 Å². The first-order valence-electron chi connectivity index (χ1n) is 7.84. The number of hydrogen-bond acceptors (Lipinski definition) is 4. The second-order valence-corrected chi connectivity index (χ2v) is 6.46. The van der Waals surface area contributed by atoms with Gasteiger partial charge >= 0.3 is 0 Å². The van der Waals surface area contributed by atoms with Crippen molar-refractivity contribution in [3.8, 4) is 6.07 Å². The average Bonchev–Trinajstić information content (AvgIpc) is 2.54. The topological polar surface area (TPSA) is 85.2 Å². The van der Waals surface area contributed by atoms with Crippen molar-refractivity contribution in [2.45, 2.75) is 26.3 Å². The molecule has 142 valence electrons. The Morgan fingerprint density at radius 1 is 1.19 bits per heavy atom. The molecule has 6 nitrogen and oxygen atoms in total. The average molecular weight is 370 g/mol. The van der Waals surface area contributed by atoms with Crippen LogP contribution in [0.15, 0.2) is 12.1 Å². The highest BCUT2D eigenvalue weighted by Crippen LogP contribution is 2.19. The quantitative estimate of drug-likeness (QED) is 0.719. The summed E-state index contributed by atoms with van der Waals surface area (Å²) in [6.07, 6.45) is 0. The van der Waals surface area contributed by atoms with E-state index in [9.17, 15) is 28.0 Å². The van der Waals surface area contributed by atoms with E-state index in [4.69, 9.17) is 0 Å². The highest BCUT2D eigenvalue weighted by molar-refractivity contribution is 5.92. The fourth-order valence-corrected chi connectivity index (χ4v) is 1.99. The molecule has 0 aliphatic carbocycles. The molecule has 0 radical (unpaired) electrons. The van der Waals surface area contributed by atoms with Crippen molar-refractivity contribution in [1.82, 2.24) is 10.2 Å². The number of likely N-dealkylation sites (N-methyl/N-ethyl adjacent to an activating group) is 1. The van der Waals surface area contributed by atoms with Crippen LogP contribution in [0.25, 0.3) is 0 Å². The molecular formula is C17H21F3N4O2. The van der Waals surface area contributed by atoms with Crippen LogP contribution in [-0.4, -0.2) is 42.4 Å². The van der Waals surface area contributed by atoms with Crippen LogP contribution >= 0.6 is 0 Å². The van der Waals surface area contributed by atoms with Crippen molar-refractivity contribution in [2.24, 2.45) is 5.92 Å². The summed E-state index contributed by atoms with van der Waals surface area (Å²) in [4.78, 5) is 25.2. The number of carbonyl (C=O) groups excluding carboxylic acids is 2. The number of hydrogen-bond donors (Lipinski definition) is 2. The third kappa shape index (κ3) is 5.46. The van der Waals surface area contributed by atoms with Gasteiger partial charge in [-0.1, -0.05) is 13.8 Å². The van der Waals surface area contributed by atoms with Gasteiger partial charge in [0.15, 0.2) is 17.5 Å². The number of amides is 2. The fraction of sp³-hybridized carbons (Fsp3) is 0.471. The smallest absolute Gasteiger partial charge is 0.238 e.